The quantitative estimate of drug-likeness (QED) is 0.479. The van der Waals surface area contributed by atoms with Crippen molar-refractivity contribution in [3.8, 4) is 17.5 Å². The minimum Gasteiger partial charge on any atom is -0.297 e. The van der Waals surface area contributed by atoms with Crippen molar-refractivity contribution in [1.82, 2.24) is 25.1 Å². The maximum absolute atomic E-state index is 8.96. The van der Waals surface area contributed by atoms with Gasteiger partial charge in [0.1, 0.15) is 0 Å². The molecule has 0 radical (unpaired) electrons. The van der Waals surface area contributed by atoms with E-state index in [-0.39, 0.29) is 0 Å². The van der Waals surface area contributed by atoms with Gasteiger partial charge in [0.2, 0.25) is 5.82 Å². The van der Waals surface area contributed by atoms with E-state index in [9.17, 15) is 0 Å². The number of nitrogens with zero attached hydrogens (tertiary/aromatic N) is 6. The highest BCUT2D eigenvalue weighted by molar-refractivity contribution is 5.52. The van der Waals surface area contributed by atoms with Crippen LogP contribution in [0.25, 0.3) is 11.4 Å². The molecule has 0 aliphatic rings. The molecule has 1 atom stereocenters. The fourth-order valence-corrected chi connectivity index (χ4v) is 3.46. The van der Waals surface area contributed by atoms with Crippen LogP contribution in [0.15, 0.2) is 54.6 Å². The Morgan fingerprint density at radius 2 is 1.79 bits per heavy atom. The summed E-state index contributed by atoms with van der Waals surface area (Å²) in [6, 6.07) is 20.4. The molecular formula is C23H28N6. The number of rotatable bonds is 10. The fraction of sp³-hybridized carbons (Fsp3) is 0.391. The maximum Gasteiger partial charge on any atom is 0.204 e. The minimum atomic E-state index is 0.346. The van der Waals surface area contributed by atoms with Crippen LogP contribution in [-0.4, -0.2) is 38.2 Å². The number of aryl methyl sites for hydroxylation is 1. The lowest BCUT2D eigenvalue weighted by Gasteiger charge is -2.28. The Labute approximate surface area is 172 Å². The van der Waals surface area contributed by atoms with Crippen molar-refractivity contribution in [3.05, 3.63) is 65.7 Å². The van der Waals surface area contributed by atoms with Gasteiger partial charge in [-0.15, -0.1) is 10.2 Å². The van der Waals surface area contributed by atoms with Gasteiger partial charge in [-0.25, -0.2) is 0 Å². The third-order valence-electron chi connectivity index (χ3n) is 5.26. The summed E-state index contributed by atoms with van der Waals surface area (Å²) >= 11 is 0. The Balaban J connectivity index is 1.42. The molecule has 0 saturated carbocycles. The van der Waals surface area contributed by atoms with E-state index in [0.717, 1.165) is 44.5 Å². The summed E-state index contributed by atoms with van der Waals surface area (Å²) in [5, 5.41) is 21.7. The van der Waals surface area contributed by atoms with Gasteiger partial charge in [-0.2, -0.15) is 10.1 Å². The molecule has 0 bridgehead atoms. The largest absolute Gasteiger partial charge is 0.297 e. The second kappa shape index (κ2) is 10.5. The summed E-state index contributed by atoms with van der Waals surface area (Å²) in [5.41, 5.74) is 2.96. The van der Waals surface area contributed by atoms with E-state index in [0.29, 0.717) is 17.4 Å². The monoisotopic (exact) mass is 388 g/mol. The highest BCUT2D eigenvalue weighted by atomic mass is 15.6. The average Bonchev–Trinajstić information content (AvgIpc) is 3.25. The molecule has 2 aromatic carbocycles. The second-order valence-electron chi connectivity index (χ2n) is 7.17. The smallest absolute Gasteiger partial charge is 0.204 e. The maximum atomic E-state index is 8.96. The first kappa shape index (κ1) is 20.7. The molecule has 0 spiro atoms. The molecule has 1 unspecified atom stereocenters. The summed E-state index contributed by atoms with van der Waals surface area (Å²) in [6.07, 6.45) is 3.29. The Morgan fingerprint density at radius 3 is 2.48 bits per heavy atom. The van der Waals surface area contributed by atoms with Crippen LogP contribution in [0.1, 0.15) is 50.3 Å². The molecular weight excluding hydrogens is 360 g/mol. The molecule has 6 heteroatoms. The number of unbranched alkanes of at least 4 members (excludes halogenated alkanes) is 2. The fourth-order valence-electron chi connectivity index (χ4n) is 3.46. The van der Waals surface area contributed by atoms with E-state index < -0.39 is 0 Å². The third kappa shape index (κ3) is 5.72. The molecule has 3 aromatic rings. The molecule has 6 nitrogen and oxygen atoms in total. The van der Waals surface area contributed by atoms with Crippen LogP contribution in [0.3, 0.4) is 0 Å². The number of hydrogen-bond acceptors (Lipinski definition) is 5. The van der Waals surface area contributed by atoms with Crippen molar-refractivity contribution in [2.75, 3.05) is 13.1 Å². The molecule has 1 heterocycles. The molecule has 29 heavy (non-hydrogen) atoms. The van der Waals surface area contributed by atoms with Crippen LogP contribution in [-0.2, 0) is 6.54 Å². The van der Waals surface area contributed by atoms with Gasteiger partial charge in [-0.3, -0.25) is 4.90 Å². The highest BCUT2D eigenvalue weighted by Gasteiger charge is 2.13. The summed E-state index contributed by atoms with van der Waals surface area (Å²) in [4.78, 5) is 4.17. The van der Waals surface area contributed by atoms with Crippen LogP contribution >= 0.6 is 0 Å². The molecule has 3 rings (SSSR count). The number of nitriles is 1. The van der Waals surface area contributed by atoms with Gasteiger partial charge in [0.25, 0.3) is 0 Å². The van der Waals surface area contributed by atoms with Gasteiger partial charge in [-0.05, 0) is 55.8 Å². The van der Waals surface area contributed by atoms with Crippen molar-refractivity contribution in [2.24, 2.45) is 0 Å². The van der Waals surface area contributed by atoms with E-state index in [1.807, 2.05) is 42.5 Å². The predicted octanol–water partition coefficient (Wildman–Crippen LogP) is 4.47. The van der Waals surface area contributed by atoms with Gasteiger partial charge in [-0.1, -0.05) is 55.8 Å². The number of benzene rings is 2. The van der Waals surface area contributed by atoms with Crippen LogP contribution in [0.5, 0.6) is 0 Å². The molecule has 0 amide bonds. The zero-order valence-electron chi connectivity index (χ0n) is 17.2. The Kier molecular flexibility index (Phi) is 7.48. The lowest BCUT2D eigenvalue weighted by atomic mass is 10.0. The van der Waals surface area contributed by atoms with Crippen LogP contribution in [0.4, 0.5) is 0 Å². The Morgan fingerprint density at radius 1 is 1.03 bits per heavy atom. The molecule has 1 aromatic heterocycles. The van der Waals surface area contributed by atoms with Gasteiger partial charge in [0.05, 0.1) is 18.2 Å². The van der Waals surface area contributed by atoms with E-state index in [2.05, 4.69) is 52.4 Å². The van der Waals surface area contributed by atoms with Crippen LogP contribution < -0.4 is 0 Å². The summed E-state index contributed by atoms with van der Waals surface area (Å²) in [6.45, 7) is 7.28. The molecule has 150 valence electrons. The average molecular weight is 389 g/mol. The highest BCUT2D eigenvalue weighted by Crippen LogP contribution is 2.21. The lowest BCUT2D eigenvalue weighted by Crippen LogP contribution is -2.28. The van der Waals surface area contributed by atoms with Crippen molar-refractivity contribution >= 4 is 0 Å². The zero-order valence-corrected chi connectivity index (χ0v) is 17.2. The Bertz CT molecular complexity index is 911. The standard InChI is InChI=1S/C23H28N6/c1-3-28(19(2)21-14-12-20(18-24)13-15-21)16-8-5-9-17-29-26-23(25-27-29)22-10-6-4-7-11-22/h4,6-7,10-15,19H,3,5,8-9,16-17H2,1-2H3. The van der Waals surface area contributed by atoms with E-state index in [1.165, 1.54) is 5.56 Å². The minimum absolute atomic E-state index is 0.346. The van der Waals surface area contributed by atoms with E-state index >= 15 is 0 Å². The molecule has 0 fully saturated rings. The Hall–Kier alpha value is -3.04. The van der Waals surface area contributed by atoms with Crippen LogP contribution in [0, 0.1) is 11.3 Å². The van der Waals surface area contributed by atoms with Gasteiger partial charge < -0.3 is 0 Å². The molecule has 0 aliphatic heterocycles. The number of hydrogen-bond donors (Lipinski definition) is 0. The van der Waals surface area contributed by atoms with Crippen molar-refractivity contribution in [1.29, 1.82) is 5.26 Å². The van der Waals surface area contributed by atoms with Crippen molar-refractivity contribution in [2.45, 2.75) is 45.7 Å². The summed E-state index contributed by atoms with van der Waals surface area (Å²) in [7, 11) is 0. The van der Waals surface area contributed by atoms with Crippen LogP contribution in [0.2, 0.25) is 0 Å². The number of tetrazole rings is 1. The topological polar surface area (TPSA) is 70.6 Å². The van der Waals surface area contributed by atoms with Gasteiger partial charge in [0, 0.05) is 11.6 Å². The molecule has 0 aliphatic carbocycles. The predicted molar refractivity (Wildman–Crippen MR) is 114 cm³/mol. The first-order valence-corrected chi connectivity index (χ1v) is 10.3. The van der Waals surface area contributed by atoms with Gasteiger partial charge >= 0.3 is 0 Å². The lowest BCUT2D eigenvalue weighted by molar-refractivity contribution is 0.216. The van der Waals surface area contributed by atoms with Crippen molar-refractivity contribution in [3.63, 3.8) is 0 Å². The first-order chi connectivity index (χ1) is 14.2. The van der Waals surface area contributed by atoms with Gasteiger partial charge in [0.15, 0.2) is 0 Å². The summed E-state index contributed by atoms with van der Waals surface area (Å²) < 4.78 is 0. The normalized spacial score (nSPS) is 12.1. The number of aromatic nitrogens is 4. The van der Waals surface area contributed by atoms with Crippen molar-refractivity contribution < 1.29 is 0 Å². The summed E-state index contributed by atoms with van der Waals surface area (Å²) in [5.74, 6) is 0.680. The van der Waals surface area contributed by atoms with E-state index in [1.54, 1.807) is 4.80 Å². The molecule has 0 saturated heterocycles. The third-order valence-corrected chi connectivity index (χ3v) is 5.26. The molecule has 0 N–H and O–H groups in total. The SMILES string of the molecule is CCN(CCCCCn1nnc(-c2ccccc2)n1)C(C)c1ccc(C#N)cc1. The first-order valence-electron chi connectivity index (χ1n) is 10.3. The van der Waals surface area contributed by atoms with E-state index in [4.69, 9.17) is 5.26 Å². The zero-order chi connectivity index (χ0) is 20.5. The second-order valence-corrected chi connectivity index (χ2v) is 7.17.